The SMILES string of the molecule is BC(B)(B)c1ccc(Cn2c(=O)n(C[C@H](C)C(=O)OC)c(=O)[nH]/c2=N\c2ccc(Oc3ccc(F)cn3)cc2)cc1. The van der Waals surface area contributed by atoms with Gasteiger partial charge in [-0.2, -0.15) is 0 Å². The number of carbonyl (C=O) groups is 1. The number of pyridine rings is 1. The van der Waals surface area contributed by atoms with E-state index in [0.29, 0.717) is 11.4 Å². The molecule has 0 unspecified atom stereocenters. The molecule has 0 aliphatic rings. The number of H-pyrrole nitrogens is 1. The van der Waals surface area contributed by atoms with Gasteiger partial charge in [-0.15, -0.1) is 0 Å². The van der Waals surface area contributed by atoms with Crippen molar-refractivity contribution in [2.24, 2.45) is 10.9 Å². The summed E-state index contributed by atoms with van der Waals surface area (Å²) in [5, 5.41) is -0.0382. The van der Waals surface area contributed by atoms with Crippen molar-refractivity contribution in [3.63, 3.8) is 0 Å². The van der Waals surface area contributed by atoms with Crippen LogP contribution in [0.3, 0.4) is 0 Å². The molecule has 1 atom stereocenters. The Bertz CT molecular complexity index is 1710. The van der Waals surface area contributed by atoms with Crippen LogP contribution in [-0.2, 0) is 27.7 Å². The number of carbonyl (C=O) groups excluding carboxylic acids is 1. The third-order valence-electron chi connectivity index (χ3n) is 6.40. The van der Waals surface area contributed by atoms with Crippen LogP contribution in [0.25, 0.3) is 0 Å². The number of methoxy groups -OCH3 is 1. The summed E-state index contributed by atoms with van der Waals surface area (Å²) in [4.78, 5) is 49.6. The summed E-state index contributed by atoms with van der Waals surface area (Å²) in [5.41, 5.74) is 1.12. The average molecular weight is 555 g/mol. The number of esters is 1. The molecule has 0 fully saturated rings. The zero-order valence-corrected chi connectivity index (χ0v) is 23.6. The van der Waals surface area contributed by atoms with Crippen LogP contribution in [-0.4, -0.2) is 55.7 Å². The first-order valence-corrected chi connectivity index (χ1v) is 13.0. The van der Waals surface area contributed by atoms with Crippen LogP contribution >= 0.6 is 0 Å². The van der Waals surface area contributed by atoms with Crippen molar-refractivity contribution >= 4 is 35.2 Å². The van der Waals surface area contributed by atoms with E-state index in [1.54, 1.807) is 31.2 Å². The quantitative estimate of drug-likeness (QED) is 0.225. The summed E-state index contributed by atoms with van der Waals surface area (Å²) in [6.45, 7) is 1.55. The zero-order valence-electron chi connectivity index (χ0n) is 23.6. The van der Waals surface area contributed by atoms with Crippen molar-refractivity contribution in [1.82, 2.24) is 19.1 Å². The van der Waals surface area contributed by atoms with Gasteiger partial charge in [0.25, 0.3) is 0 Å². The van der Waals surface area contributed by atoms with Crippen LogP contribution in [0.4, 0.5) is 10.1 Å². The fourth-order valence-corrected chi connectivity index (χ4v) is 4.04. The lowest BCUT2D eigenvalue weighted by atomic mass is 9.40. The van der Waals surface area contributed by atoms with Crippen LogP contribution in [0.15, 0.2) is 81.4 Å². The maximum atomic E-state index is 13.6. The molecule has 2 heterocycles. The highest BCUT2D eigenvalue weighted by atomic mass is 19.1. The molecule has 1 N–H and O–H groups in total. The van der Waals surface area contributed by atoms with Gasteiger partial charge in [0.2, 0.25) is 11.5 Å². The van der Waals surface area contributed by atoms with Gasteiger partial charge in [0, 0.05) is 12.6 Å². The molecule has 10 nitrogen and oxygen atoms in total. The van der Waals surface area contributed by atoms with Gasteiger partial charge in [0.1, 0.15) is 11.6 Å². The van der Waals surface area contributed by atoms with Crippen LogP contribution in [0.1, 0.15) is 18.1 Å². The molecular weight excluding hydrogens is 526 g/mol. The minimum absolute atomic E-state index is 0.0377. The average Bonchev–Trinajstić information content (AvgIpc) is 2.94. The molecule has 208 valence electrons. The molecule has 0 radical (unpaired) electrons. The van der Waals surface area contributed by atoms with Gasteiger partial charge < -0.3 is 9.47 Å². The van der Waals surface area contributed by atoms with Gasteiger partial charge in [0.15, 0.2) is 0 Å². The normalized spacial score (nSPS) is 12.6. The summed E-state index contributed by atoms with van der Waals surface area (Å²) in [7, 11) is 7.59. The molecule has 0 amide bonds. The molecule has 0 spiro atoms. The van der Waals surface area contributed by atoms with E-state index in [0.717, 1.165) is 21.9 Å². The van der Waals surface area contributed by atoms with Crippen LogP contribution in [0.2, 0.25) is 0 Å². The van der Waals surface area contributed by atoms with Crippen LogP contribution < -0.4 is 21.7 Å². The molecule has 0 saturated heterocycles. The zero-order chi connectivity index (χ0) is 29.7. The second kappa shape index (κ2) is 12.3. The molecular formula is C27H29B3FN5O5. The fourth-order valence-electron chi connectivity index (χ4n) is 4.04. The fraction of sp³-hybridized carbons (Fsp3) is 0.222. The van der Waals surface area contributed by atoms with Gasteiger partial charge in [-0.25, -0.2) is 28.5 Å². The standard InChI is InChI=1S/C27H29B3FN5O5/c1-16(23(37)40-2)14-36-25(38)34-24(35(26(36)39)15-17-3-5-18(6-4-17)27(28,29)30)33-20-8-10-21(11-9-20)41-22-12-7-19(31)13-32-22/h3-13,16H,14-15,28-30H2,1-2H3,(H,33,34,38)/t16-/m0/s1. The summed E-state index contributed by atoms with van der Waals surface area (Å²) >= 11 is 0. The largest absolute Gasteiger partial charge is 0.469 e. The van der Waals surface area contributed by atoms with Gasteiger partial charge in [-0.05, 0) is 35.9 Å². The Morgan fingerprint density at radius 1 is 1.05 bits per heavy atom. The number of ether oxygens (including phenoxy) is 2. The molecule has 0 aliphatic carbocycles. The van der Waals surface area contributed by atoms with Gasteiger partial charge >= 0.3 is 17.3 Å². The minimum Gasteiger partial charge on any atom is -0.469 e. The van der Waals surface area contributed by atoms with Crippen molar-refractivity contribution in [3.05, 3.63) is 110 Å². The third kappa shape index (κ3) is 7.33. The monoisotopic (exact) mass is 555 g/mol. The molecule has 4 aromatic rings. The second-order valence-corrected chi connectivity index (χ2v) is 10.6. The highest BCUT2D eigenvalue weighted by molar-refractivity contribution is 6.58. The predicted octanol–water partition coefficient (Wildman–Crippen LogP) is -0.236. The number of benzene rings is 2. The number of aromatic nitrogens is 4. The number of rotatable bonds is 9. The van der Waals surface area contributed by atoms with Gasteiger partial charge in [0.05, 0.1) is 55.0 Å². The second-order valence-electron chi connectivity index (χ2n) is 10.6. The maximum absolute atomic E-state index is 13.6. The smallest absolute Gasteiger partial charge is 0.335 e. The molecule has 0 saturated carbocycles. The Balaban J connectivity index is 1.73. The number of nitrogens with zero attached hydrogens (tertiary/aromatic N) is 4. The van der Waals surface area contributed by atoms with E-state index in [-0.39, 0.29) is 29.7 Å². The number of aromatic amines is 1. The topological polar surface area (TPSA) is 121 Å². The van der Waals surface area contributed by atoms with E-state index in [1.165, 1.54) is 23.8 Å². The first kappa shape index (κ1) is 29.4. The van der Waals surface area contributed by atoms with Crippen LogP contribution in [0, 0.1) is 11.7 Å². The summed E-state index contributed by atoms with van der Waals surface area (Å²) in [5.74, 6) is -1.06. The van der Waals surface area contributed by atoms with Crippen molar-refractivity contribution in [3.8, 4) is 11.6 Å². The lowest BCUT2D eigenvalue weighted by molar-refractivity contribution is -0.145. The number of hydrogen-bond acceptors (Lipinski definition) is 7. The van der Waals surface area contributed by atoms with E-state index < -0.39 is 29.1 Å². The molecule has 4 rings (SSSR count). The highest BCUT2D eigenvalue weighted by Gasteiger charge is 2.19. The number of halogens is 1. The van der Waals surface area contributed by atoms with Gasteiger partial charge in [-0.1, -0.05) is 41.9 Å². The lowest BCUT2D eigenvalue weighted by Gasteiger charge is -2.19. The van der Waals surface area contributed by atoms with Crippen molar-refractivity contribution in [2.45, 2.75) is 25.1 Å². The van der Waals surface area contributed by atoms with E-state index in [9.17, 15) is 18.8 Å². The molecule has 2 aromatic carbocycles. The predicted molar refractivity (Wildman–Crippen MR) is 159 cm³/mol. The third-order valence-corrected chi connectivity index (χ3v) is 6.40. The highest BCUT2D eigenvalue weighted by Crippen LogP contribution is 2.22. The van der Waals surface area contributed by atoms with E-state index in [1.807, 2.05) is 24.3 Å². The summed E-state index contributed by atoms with van der Waals surface area (Å²) in [6, 6.07) is 17.1. The summed E-state index contributed by atoms with van der Waals surface area (Å²) in [6.07, 6.45) is 1.05. The number of nitrogens with one attached hydrogen (secondary N) is 1. The lowest BCUT2D eigenvalue weighted by Crippen LogP contribution is -2.51. The van der Waals surface area contributed by atoms with E-state index in [4.69, 9.17) is 9.47 Å². The Kier molecular flexibility index (Phi) is 8.80. The molecule has 0 bridgehead atoms. The van der Waals surface area contributed by atoms with E-state index >= 15 is 0 Å². The Hall–Kier alpha value is -4.61. The minimum atomic E-state index is -0.718. The molecule has 0 aliphatic heterocycles. The van der Waals surface area contributed by atoms with E-state index in [2.05, 4.69) is 38.5 Å². The Morgan fingerprint density at radius 3 is 2.32 bits per heavy atom. The number of hydrogen-bond donors (Lipinski definition) is 1. The molecule has 14 heteroatoms. The van der Waals surface area contributed by atoms with Gasteiger partial charge in [-0.3, -0.25) is 14.3 Å². The van der Waals surface area contributed by atoms with Crippen molar-refractivity contribution in [2.75, 3.05) is 7.11 Å². The first-order valence-electron chi connectivity index (χ1n) is 13.0. The maximum Gasteiger partial charge on any atom is 0.335 e. The molecule has 41 heavy (non-hydrogen) atoms. The molecule has 2 aromatic heterocycles. The Labute approximate surface area is 238 Å². The summed E-state index contributed by atoms with van der Waals surface area (Å²) < 4.78 is 25.8. The Morgan fingerprint density at radius 2 is 1.73 bits per heavy atom. The van der Waals surface area contributed by atoms with Crippen molar-refractivity contribution < 1.29 is 18.7 Å². The van der Waals surface area contributed by atoms with Crippen molar-refractivity contribution in [1.29, 1.82) is 0 Å². The first-order chi connectivity index (χ1) is 19.4. The van der Waals surface area contributed by atoms with Crippen LogP contribution in [0.5, 0.6) is 11.6 Å².